The summed E-state index contributed by atoms with van der Waals surface area (Å²) >= 11 is 0. The summed E-state index contributed by atoms with van der Waals surface area (Å²) in [7, 11) is 4.47. The number of hydrogen-bond donors (Lipinski definition) is 1. The smallest absolute Gasteiger partial charge is 0.320 e. The highest BCUT2D eigenvalue weighted by Crippen LogP contribution is 2.16. The summed E-state index contributed by atoms with van der Waals surface area (Å²) in [6, 6.07) is -0.321. The molecular weight excluding hydrogens is 148 g/mol. The predicted octanol–water partition coefficient (Wildman–Crippen LogP) is 0.0861. The van der Waals surface area contributed by atoms with Gasteiger partial charge in [0.2, 0.25) is 0 Å². The summed E-state index contributed by atoms with van der Waals surface area (Å²) in [5.74, 6) is -0.731. The molecule has 1 rings (SSSR count). The molecule has 0 aromatic heterocycles. The highest BCUT2D eigenvalue weighted by atomic mass is 31.0. The van der Waals surface area contributed by atoms with Crippen LogP contribution in [-0.4, -0.2) is 35.6 Å². The van der Waals surface area contributed by atoms with Crippen molar-refractivity contribution in [2.24, 2.45) is 0 Å². The highest BCUT2D eigenvalue weighted by Gasteiger charge is 2.25. The minimum Gasteiger partial charge on any atom is -0.480 e. The zero-order valence-corrected chi connectivity index (χ0v) is 6.81. The quantitative estimate of drug-likeness (QED) is 0.434. The van der Waals surface area contributed by atoms with Gasteiger partial charge in [0.25, 0.3) is 0 Å². The van der Waals surface area contributed by atoms with Gasteiger partial charge in [0.15, 0.2) is 0 Å². The fourth-order valence-corrected chi connectivity index (χ4v) is 1.45. The van der Waals surface area contributed by atoms with E-state index < -0.39 is 5.97 Å². The molecule has 1 saturated heterocycles. The van der Waals surface area contributed by atoms with Crippen molar-refractivity contribution >= 4 is 22.6 Å². The van der Waals surface area contributed by atoms with Gasteiger partial charge in [0.1, 0.15) is 13.3 Å². The van der Waals surface area contributed by atoms with Crippen molar-refractivity contribution < 1.29 is 9.90 Å². The third kappa shape index (κ3) is 1.71. The van der Waals surface area contributed by atoms with E-state index in [1.165, 1.54) is 0 Å². The summed E-state index contributed by atoms with van der Waals surface area (Å²) < 4.78 is 1.79. The third-order valence-corrected chi connectivity index (χ3v) is 2.28. The first-order chi connectivity index (χ1) is 4.72. The second-order valence-electron chi connectivity index (χ2n) is 2.40. The minimum atomic E-state index is -0.731. The van der Waals surface area contributed by atoms with Crippen LogP contribution in [0.5, 0.6) is 0 Å². The van der Waals surface area contributed by atoms with Crippen molar-refractivity contribution in [1.29, 1.82) is 0 Å². The average Bonchev–Trinajstić information content (AvgIpc) is 1.88. The van der Waals surface area contributed by atoms with E-state index in [0.717, 1.165) is 12.9 Å². The van der Waals surface area contributed by atoms with Crippen molar-refractivity contribution in [2.45, 2.75) is 18.7 Å². The molecule has 3 nitrogen and oxygen atoms in total. The number of rotatable bonds is 1. The SMILES string of the molecule is O=C(O)C1C[B]CCN1P. The van der Waals surface area contributed by atoms with E-state index in [1.807, 2.05) is 7.28 Å². The molecule has 0 saturated carbocycles. The van der Waals surface area contributed by atoms with Gasteiger partial charge in [-0.1, -0.05) is 22.0 Å². The van der Waals surface area contributed by atoms with Crippen LogP contribution in [0, 0.1) is 0 Å². The van der Waals surface area contributed by atoms with Gasteiger partial charge in [-0.2, -0.15) is 0 Å². The number of carboxylic acids is 1. The summed E-state index contributed by atoms with van der Waals surface area (Å²) in [6.45, 7) is 0.835. The number of hydrogen-bond acceptors (Lipinski definition) is 2. The molecular formula is C5H10BNO2P. The Morgan fingerprint density at radius 3 is 2.90 bits per heavy atom. The monoisotopic (exact) mass is 158 g/mol. The van der Waals surface area contributed by atoms with Crippen LogP contribution < -0.4 is 0 Å². The van der Waals surface area contributed by atoms with Gasteiger partial charge in [-0.05, 0) is 6.54 Å². The molecule has 0 amide bonds. The molecule has 0 bridgehead atoms. The molecule has 1 fully saturated rings. The minimum absolute atomic E-state index is 0.321. The molecule has 1 aliphatic rings. The summed E-state index contributed by atoms with van der Waals surface area (Å²) in [5.41, 5.74) is 0. The highest BCUT2D eigenvalue weighted by molar-refractivity contribution is 7.13. The van der Waals surface area contributed by atoms with Gasteiger partial charge in [0.05, 0.1) is 0 Å². The molecule has 55 valence electrons. The second-order valence-corrected chi connectivity index (χ2v) is 3.07. The Bertz CT molecular complexity index is 144. The fourth-order valence-electron chi connectivity index (χ4n) is 1.05. The van der Waals surface area contributed by atoms with E-state index in [2.05, 4.69) is 9.39 Å². The van der Waals surface area contributed by atoms with Crippen LogP contribution in [0.4, 0.5) is 0 Å². The number of aliphatic carboxylic acids is 1. The Kier molecular flexibility index (Phi) is 2.69. The maximum absolute atomic E-state index is 10.5. The van der Waals surface area contributed by atoms with Crippen molar-refractivity contribution in [1.82, 2.24) is 4.67 Å². The summed E-state index contributed by atoms with van der Waals surface area (Å²) in [5, 5.41) is 8.63. The van der Waals surface area contributed by atoms with Gasteiger partial charge < -0.3 is 5.11 Å². The van der Waals surface area contributed by atoms with Gasteiger partial charge in [0, 0.05) is 0 Å². The molecule has 1 N–H and O–H groups in total. The lowest BCUT2D eigenvalue weighted by atomic mass is 9.66. The molecule has 2 unspecified atom stereocenters. The zero-order valence-electron chi connectivity index (χ0n) is 5.66. The molecule has 10 heavy (non-hydrogen) atoms. The Balaban J connectivity index is 2.47. The van der Waals surface area contributed by atoms with Gasteiger partial charge in [-0.3, -0.25) is 9.46 Å². The lowest BCUT2D eigenvalue weighted by molar-refractivity contribution is -0.140. The standard InChI is InChI=1S/C5H10BNO2P/c8-5(9)4-3-6-1-2-7(4)10/h4H,1-3,10H2,(H,8,9). The van der Waals surface area contributed by atoms with Gasteiger partial charge in [-0.25, -0.2) is 0 Å². The maximum atomic E-state index is 10.5. The van der Waals surface area contributed by atoms with Crippen LogP contribution in [0.25, 0.3) is 0 Å². The van der Waals surface area contributed by atoms with E-state index in [4.69, 9.17) is 5.11 Å². The van der Waals surface area contributed by atoms with Crippen LogP contribution >= 0.6 is 9.39 Å². The van der Waals surface area contributed by atoms with E-state index >= 15 is 0 Å². The largest absolute Gasteiger partial charge is 0.480 e. The average molecular weight is 158 g/mol. The van der Waals surface area contributed by atoms with Gasteiger partial charge >= 0.3 is 5.97 Å². The lowest BCUT2D eigenvalue weighted by Gasteiger charge is -2.28. The summed E-state index contributed by atoms with van der Waals surface area (Å²) in [4.78, 5) is 10.5. The number of nitrogens with zero attached hydrogens (tertiary/aromatic N) is 1. The molecule has 0 aromatic carbocycles. The molecule has 1 aliphatic heterocycles. The van der Waals surface area contributed by atoms with Crippen molar-refractivity contribution in [3.05, 3.63) is 0 Å². The second kappa shape index (κ2) is 3.36. The first kappa shape index (κ1) is 8.03. The number of carbonyl (C=O) groups is 1. The van der Waals surface area contributed by atoms with E-state index in [-0.39, 0.29) is 6.04 Å². The summed E-state index contributed by atoms with van der Waals surface area (Å²) in [6.07, 6.45) is 1.66. The predicted molar refractivity (Wildman–Crippen MR) is 43.2 cm³/mol. The Labute approximate surface area is 63.3 Å². The lowest BCUT2D eigenvalue weighted by Crippen LogP contribution is -2.39. The van der Waals surface area contributed by atoms with Crippen molar-refractivity contribution in [3.8, 4) is 0 Å². The van der Waals surface area contributed by atoms with Crippen LogP contribution in [0.2, 0.25) is 12.6 Å². The van der Waals surface area contributed by atoms with E-state index in [9.17, 15) is 4.79 Å². The molecule has 2 atom stereocenters. The molecule has 0 aliphatic carbocycles. The first-order valence-corrected chi connectivity index (χ1v) is 3.79. The fraction of sp³-hybridized carbons (Fsp3) is 0.800. The van der Waals surface area contributed by atoms with Gasteiger partial charge in [-0.15, -0.1) is 0 Å². The Morgan fingerprint density at radius 2 is 2.50 bits per heavy atom. The molecule has 0 aromatic rings. The van der Waals surface area contributed by atoms with Crippen LogP contribution in [0.3, 0.4) is 0 Å². The Morgan fingerprint density at radius 1 is 1.80 bits per heavy atom. The van der Waals surface area contributed by atoms with Crippen LogP contribution in [0.1, 0.15) is 0 Å². The van der Waals surface area contributed by atoms with Crippen molar-refractivity contribution in [2.75, 3.05) is 6.54 Å². The molecule has 1 heterocycles. The molecule has 1 radical (unpaired) electrons. The zero-order chi connectivity index (χ0) is 7.56. The molecule has 5 heteroatoms. The number of carboxylic acid groups (broad SMARTS) is 1. The van der Waals surface area contributed by atoms with Crippen molar-refractivity contribution in [3.63, 3.8) is 0 Å². The third-order valence-electron chi connectivity index (χ3n) is 1.67. The topological polar surface area (TPSA) is 40.5 Å². The van der Waals surface area contributed by atoms with Crippen LogP contribution in [-0.2, 0) is 4.79 Å². The Hall–Kier alpha value is -0.0751. The first-order valence-electron chi connectivity index (χ1n) is 3.27. The van der Waals surface area contributed by atoms with E-state index in [0.29, 0.717) is 6.32 Å². The van der Waals surface area contributed by atoms with Crippen LogP contribution in [0.15, 0.2) is 0 Å². The normalized spacial score (nSPS) is 27.5. The molecule has 0 spiro atoms. The maximum Gasteiger partial charge on any atom is 0.320 e. The van der Waals surface area contributed by atoms with E-state index in [1.54, 1.807) is 4.67 Å².